The van der Waals surface area contributed by atoms with Gasteiger partial charge in [-0.2, -0.15) is 13.2 Å². The summed E-state index contributed by atoms with van der Waals surface area (Å²) in [6.07, 6.45) is -3.49. The second kappa shape index (κ2) is 6.01. The van der Waals surface area contributed by atoms with Gasteiger partial charge < -0.3 is 10.6 Å². The van der Waals surface area contributed by atoms with E-state index in [9.17, 15) is 22.4 Å². The van der Waals surface area contributed by atoms with E-state index in [0.29, 0.717) is 25.5 Å². The van der Waals surface area contributed by atoms with Crippen molar-refractivity contribution in [2.45, 2.75) is 38.0 Å². The number of hydrogen-bond donors (Lipinski definition) is 2. The summed E-state index contributed by atoms with van der Waals surface area (Å²) in [5.74, 6) is -2.33. The maximum Gasteiger partial charge on any atom is 0.419 e. The molecule has 2 rings (SSSR count). The first kappa shape index (κ1) is 15.8. The van der Waals surface area contributed by atoms with E-state index in [0.717, 1.165) is 12.1 Å². The van der Waals surface area contributed by atoms with Gasteiger partial charge in [0, 0.05) is 12.1 Å². The number of rotatable bonds is 2. The van der Waals surface area contributed by atoms with E-state index in [1.807, 2.05) is 6.92 Å². The molecule has 2 atom stereocenters. The number of carbonyl (C=O) groups is 1. The zero-order valence-corrected chi connectivity index (χ0v) is 11.4. The molecular weight excluding hydrogens is 288 g/mol. The maximum atomic E-state index is 13.9. The molecule has 21 heavy (non-hydrogen) atoms. The first-order chi connectivity index (χ1) is 9.79. The lowest BCUT2D eigenvalue weighted by molar-refractivity contribution is -0.140. The Labute approximate surface area is 119 Å². The topological polar surface area (TPSA) is 41.1 Å². The average molecular weight is 304 g/mol. The maximum absolute atomic E-state index is 13.9. The highest BCUT2D eigenvalue weighted by Gasteiger charge is 2.36. The van der Waals surface area contributed by atoms with Gasteiger partial charge in [0.05, 0.1) is 11.1 Å². The van der Waals surface area contributed by atoms with Gasteiger partial charge in [-0.3, -0.25) is 4.79 Å². The second-order valence-corrected chi connectivity index (χ2v) is 5.21. The van der Waals surface area contributed by atoms with Gasteiger partial charge in [0.25, 0.3) is 5.91 Å². The molecule has 0 bridgehead atoms. The molecule has 2 N–H and O–H groups in total. The predicted octanol–water partition coefficient (Wildman–Crippen LogP) is 2.71. The number of piperidine rings is 1. The summed E-state index contributed by atoms with van der Waals surface area (Å²) >= 11 is 0. The van der Waals surface area contributed by atoms with Crippen molar-refractivity contribution in [3.05, 3.63) is 35.1 Å². The van der Waals surface area contributed by atoms with Crippen LogP contribution in [0.2, 0.25) is 0 Å². The van der Waals surface area contributed by atoms with Crippen LogP contribution < -0.4 is 10.6 Å². The van der Waals surface area contributed by atoms with E-state index in [1.165, 1.54) is 0 Å². The minimum Gasteiger partial charge on any atom is -0.349 e. The largest absolute Gasteiger partial charge is 0.419 e. The van der Waals surface area contributed by atoms with Gasteiger partial charge in [0.15, 0.2) is 0 Å². The van der Waals surface area contributed by atoms with Gasteiger partial charge in [-0.25, -0.2) is 4.39 Å². The van der Waals surface area contributed by atoms with Crippen LogP contribution in [0.3, 0.4) is 0 Å². The molecule has 1 heterocycles. The summed E-state index contributed by atoms with van der Waals surface area (Å²) in [6.45, 7) is 2.65. The van der Waals surface area contributed by atoms with Crippen molar-refractivity contribution in [2.24, 2.45) is 0 Å². The molecule has 1 fully saturated rings. The molecule has 0 spiro atoms. The Bertz CT molecular complexity index is 530. The van der Waals surface area contributed by atoms with Crippen LogP contribution in [0, 0.1) is 5.82 Å². The lowest BCUT2D eigenvalue weighted by Crippen LogP contribution is -2.46. The molecule has 1 amide bonds. The molecule has 2 unspecified atom stereocenters. The molecule has 1 aliphatic rings. The van der Waals surface area contributed by atoms with Crippen LogP contribution in [0.15, 0.2) is 18.2 Å². The smallest absolute Gasteiger partial charge is 0.349 e. The fraction of sp³-hybridized carbons (Fsp3) is 0.500. The summed E-state index contributed by atoms with van der Waals surface area (Å²) in [6, 6.07) is 2.76. The zero-order valence-electron chi connectivity index (χ0n) is 11.4. The molecule has 116 valence electrons. The summed E-state index contributed by atoms with van der Waals surface area (Å²) in [4.78, 5) is 12.0. The van der Waals surface area contributed by atoms with Crippen molar-refractivity contribution in [3.8, 4) is 0 Å². The molecule has 1 saturated heterocycles. The standard InChI is InChI=1S/C14H16F4N2O/c1-8-7-9(5-6-19-8)20-13(21)10-3-2-4-11(12(10)15)14(16,17)18/h2-4,8-9,19H,5-7H2,1H3,(H,20,21). The normalized spacial score (nSPS) is 22.9. The number of hydrogen-bond acceptors (Lipinski definition) is 2. The fourth-order valence-corrected chi connectivity index (χ4v) is 2.45. The van der Waals surface area contributed by atoms with Crippen LogP contribution in [0.4, 0.5) is 17.6 Å². The Hall–Kier alpha value is -1.63. The van der Waals surface area contributed by atoms with Gasteiger partial charge in [-0.15, -0.1) is 0 Å². The quantitative estimate of drug-likeness (QED) is 0.825. The number of alkyl halides is 3. The van der Waals surface area contributed by atoms with Gasteiger partial charge >= 0.3 is 6.18 Å². The molecule has 0 aromatic heterocycles. The summed E-state index contributed by atoms with van der Waals surface area (Å²) in [7, 11) is 0. The summed E-state index contributed by atoms with van der Waals surface area (Å²) in [5, 5.41) is 5.79. The third-order valence-electron chi connectivity index (χ3n) is 3.51. The van der Waals surface area contributed by atoms with E-state index >= 15 is 0 Å². The van der Waals surface area contributed by atoms with E-state index in [4.69, 9.17) is 0 Å². The van der Waals surface area contributed by atoms with Crippen LogP contribution >= 0.6 is 0 Å². The molecule has 1 aliphatic heterocycles. The van der Waals surface area contributed by atoms with Crippen molar-refractivity contribution in [1.82, 2.24) is 10.6 Å². The van der Waals surface area contributed by atoms with Crippen LogP contribution in [-0.4, -0.2) is 24.5 Å². The monoisotopic (exact) mass is 304 g/mol. The summed E-state index contributed by atoms with van der Waals surface area (Å²) < 4.78 is 51.7. The van der Waals surface area contributed by atoms with Crippen LogP contribution in [0.1, 0.15) is 35.7 Å². The Morgan fingerprint density at radius 3 is 2.71 bits per heavy atom. The highest BCUT2D eigenvalue weighted by Crippen LogP contribution is 2.32. The second-order valence-electron chi connectivity index (χ2n) is 5.21. The Morgan fingerprint density at radius 1 is 1.38 bits per heavy atom. The van der Waals surface area contributed by atoms with Crippen molar-refractivity contribution in [1.29, 1.82) is 0 Å². The van der Waals surface area contributed by atoms with Crippen molar-refractivity contribution < 1.29 is 22.4 Å². The number of benzene rings is 1. The van der Waals surface area contributed by atoms with Crippen LogP contribution in [-0.2, 0) is 6.18 Å². The average Bonchev–Trinajstić information content (AvgIpc) is 2.37. The molecule has 0 radical (unpaired) electrons. The molecule has 3 nitrogen and oxygen atoms in total. The molecular formula is C14H16F4N2O. The molecule has 7 heteroatoms. The SMILES string of the molecule is CC1CC(NC(=O)c2cccc(C(F)(F)F)c2F)CCN1. The number of nitrogens with one attached hydrogen (secondary N) is 2. The van der Waals surface area contributed by atoms with Crippen molar-refractivity contribution in [2.75, 3.05) is 6.54 Å². The predicted molar refractivity (Wildman–Crippen MR) is 69.4 cm³/mol. The number of carbonyl (C=O) groups excluding carboxylic acids is 1. The van der Waals surface area contributed by atoms with E-state index < -0.39 is 29.0 Å². The lowest BCUT2D eigenvalue weighted by Gasteiger charge is -2.28. The molecule has 1 aromatic rings. The molecule has 0 aliphatic carbocycles. The van der Waals surface area contributed by atoms with Gasteiger partial charge in [-0.05, 0) is 38.4 Å². The van der Waals surface area contributed by atoms with Gasteiger partial charge in [0.2, 0.25) is 0 Å². The zero-order chi connectivity index (χ0) is 15.6. The summed E-state index contributed by atoms with van der Waals surface area (Å²) in [5.41, 5.74) is -2.00. The number of halogens is 4. The highest BCUT2D eigenvalue weighted by atomic mass is 19.4. The molecule has 1 aromatic carbocycles. The Kier molecular flexibility index (Phi) is 4.51. The van der Waals surface area contributed by atoms with E-state index in [1.54, 1.807) is 0 Å². The van der Waals surface area contributed by atoms with Gasteiger partial charge in [0.1, 0.15) is 5.82 Å². The third kappa shape index (κ3) is 3.72. The van der Waals surface area contributed by atoms with Crippen LogP contribution in [0.5, 0.6) is 0 Å². The molecule has 0 saturated carbocycles. The Balaban J connectivity index is 2.16. The fourth-order valence-electron chi connectivity index (χ4n) is 2.45. The first-order valence-electron chi connectivity index (χ1n) is 6.69. The first-order valence-corrected chi connectivity index (χ1v) is 6.69. The van der Waals surface area contributed by atoms with Crippen molar-refractivity contribution >= 4 is 5.91 Å². The van der Waals surface area contributed by atoms with E-state index in [2.05, 4.69) is 10.6 Å². The minimum atomic E-state index is -4.82. The Morgan fingerprint density at radius 2 is 2.10 bits per heavy atom. The van der Waals surface area contributed by atoms with Gasteiger partial charge in [-0.1, -0.05) is 6.07 Å². The minimum absolute atomic E-state index is 0.164. The van der Waals surface area contributed by atoms with E-state index in [-0.39, 0.29) is 12.1 Å². The van der Waals surface area contributed by atoms with Crippen LogP contribution in [0.25, 0.3) is 0 Å². The number of amides is 1. The third-order valence-corrected chi connectivity index (χ3v) is 3.51. The lowest BCUT2D eigenvalue weighted by atomic mass is 10.00. The van der Waals surface area contributed by atoms with Crippen molar-refractivity contribution in [3.63, 3.8) is 0 Å². The highest BCUT2D eigenvalue weighted by molar-refractivity contribution is 5.94.